The van der Waals surface area contributed by atoms with E-state index < -0.39 is 0 Å². The molecule has 90 valence electrons. The molecule has 16 heavy (non-hydrogen) atoms. The average Bonchev–Trinajstić information content (AvgIpc) is 2.51. The predicted octanol–water partition coefficient (Wildman–Crippen LogP) is 2.59. The summed E-state index contributed by atoms with van der Waals surface area (Å²) in [6.45, 7) is 4.24. The SMILES string of the molecule is CNC1CCCCCC1n1nc(C)cc1C. The van der Waals surface area contributed by atoms with Crippen LogP contribution >= 0.6 is 0 Å². The highest BCUT2D eigenvalue weighted by Crippen LogP contribution is 2.28. The van der Waals surface area contributed by atoms with Crippen molar-refractivity contribution in [3.63, 3.8) is 0 Å². The Bertz CT molecular complexity index is 343. The monoisotopic (exact) mass is 221 g/mol. The Morgan fingerprint density at radius 3 is 2.62 bits per heavy atom. The van der Waals surface area contributed by atoms with Crippen LogP contribution in [0.1, 0.15) is 49.5 Å². The molecule has 0 saturated heterocycles. The second kappa shape index (κ2) is 5.00. The van der Waals surface area contributed by atoms with Crippen molar-refractivity contribution in [3.8, 4) is 0 Å². The largest absolute Gasteiger partial charge is 0.315 e. The Morgan fingerprint density at radius 1 is 1.25 bits per heavy atom. The Labute approximate surface area is 98.2 Å². The van der Waals surface area contributed by atoms with Crippen molar-refractivity contribution in [2.45, 2.75) is 58.0 Å². The van der Waals surface area contributed by atoms with Gasteiger partial charge in [-0.15, -0.1) is 0 Å². The van der Waals surface area contributed by atoms with E-state index in [1.807, 2.05) is 0 Å². The fraction of sp³-hybridized carbons (Fsp3) is 0.769. The number of aryl methyl sites for hydroxylation is 2. The van der Waals surface area contributed by atoms with Gasteiger partial charge in [0.2, 0.25) is 0 Å². The number of aromatic nitrogens is 2. The first kappa shape index (κ1) is 11.6. The van der Waals surface area contributed by atoms with E-state index in [4.69, 9.17) is 0 Å². The lowest BCUT2D eigenvalue weighted by atomic mass is 10.0. The smallest absolute Gasteiger partial charge is 0.0675 e. The highest BCUT2D eigenvalue weighted by molar-refractivity contribution is 5.08. The summed E-state index contributed by atoms with van der Waals surface area (Å²) in [5.74, 6) is 0. The van der Waals surface area contributed by atoms with Crippen molar-refractivity contribution in [2.24, 2.45) is 0 Å². The third-order valence-corrected chi connectivity index (χ3v) is 3.71. The van der Waals surface area contributed by atoms with E-state index in [9.17, 15) is 0 Å². The molecule has 1 aliphatic carbocycles. The van der Waals surface area contributed by atoms with Gasteiger partial charge in [0.1, 0.15) is 0 Å². The van der Waals surface area contributed by atoms with Crippen LogP contribution in [0.25, 0.3) is 0 Å². The Kier molecular flexibility index (Phi) is 3.64. The lowest BCUT2D eigenvalue weighted by Crippen LogP contribution is -2.35. The molecule has 0 amide bonds. The molecule has 0 bridgehead atoms. The van der Waals surface area contributed by atoms with Crippen LogP contribution in [-0.2, 0) is 0 Å². The third kappa shape index (κ3) is 2.29. The van der Waals surface area contributed by atoms with Gasteiger partial charge in [-0.05, 0) is 39.8 Å². The van der Waals surface area contributed by atoms with Crippen LogP contribution in [0.3, 0.4) is 0 Å². The molecular formula is C13H23N3. The molecule has 2 unspecified atom stereocenters. The van der Waals surface area contributed by atoms with Crippen molar-refractivity contribution in [2.75, 3.05) is 7.05 Å². The molecule has 3 heteroatoms. The predicted molar refractivity (Wildman–Crippen MR) is 66.7 cm³/mol. The van der Waals surface area contributed by atoms with E-state index in [2.05, 4.69) is 42.1 Å². The summed E-state index contributed by atoms with van der Waals surface area (Å²) >= 11 is 0. The fourth-order valence-corrected chi connectivity index (χ4v) is 2.90. The van der Waals surface area contributed by atoms with E-state index in [0.29, 0.717) is 12.1 Å². The van der Waals surface area contributed by atoms with Crippen LogP contribution in [0.4, 0.5) is 0 Å². The highest BCUT2D eigenvalue weighted by Gasteiger charge is 2.25. The molecule has 1 fully saturated rings. The molecule has 1 saturated carbocycles. The number of rotatable bonds is 2. The first-order valence-corrected chi connectivity index (χ1v) is 6.42. The van der Waals surface area contributed by atoms with E-state index in [-0.39, 0.29) is 0 Å². The first-order valence-electron chi connectivity index (χ1n) is 6.42. The van der Waals surface area contributed by atoms with Gasteiger partial charge in [-0.3, -0.25) is 4.68 Å². The van der Waals surface area contributed by atoms with Gasteiger partial charge in [-0.2, -0.15) is 5.10 Å². The molecule has 0 aliphatic heterocycles. The van der Waals surface area contributed by atoms with E-state index in [1.54, 1.807) is 0 Å². The second-order valence-electron chi connectivity index (χ2n) is 4.97. The van der Waals surface area contributed by atoms with Gasteiger partial charge in [-0.25, -0.2) is 0 Å². The average molecular weight is 221 g/mol. The molecule has 1 aromatic heterocycles. The molecule has 1 aromatic rings. The van der Waals surface area contributed by atoms with Crippen LogP contribution in [0.15, 0.2) is 6.07 Å². The van der Waals surface area contributed by atoms with Crippen LogP contribution in [0.2, 0.25) is 0 Å². The Balaban J connectivity index is 2.24. The quantitative estimate of drug-likeness (QED) is 0.778. The highest BCUT2D eigenvalue weighted by atomic mass is 15.3. The maximum Gasteiger partial charge on any atom is 0.0675 e. The Hall–Kier alpha value is -0.830. The molecule has 1 aliphatic rings. The normalized spacial score (nSPS) is 26.7. The molecule has 2 atom stereocenters. The minimum Gasteiger partial charge on any atom is -0.315 e. The standard InChI is InChI=1S/C13H23N3/c1-10-9-11(2)16(15-10)13-8-6-4-5-7-12(13)14-3/h9,12-14H,4-8H2,1-3H3. The molecule has 1 heterocycles. The summed E-state index contributed by atoms with van der Waals surface area (Å²) < 4.78 is 2.24. The van der Waals surface area contributed by atoms with Gasteiger partial charge in [0, 0.05) is 11.7 Å². The Morgan fingerprint density at radius 2 is 2.00 bits per heavy atom. The zero-order chi connectivity index (χ0) is 11.5. The second-order valence-corrected chi connectivity index (χ2v) is 4.97. The van der Waals surface area contributed by atoms with Crippen LogP contribution in [-0.4, -0.2) is 22.9 Å². The van der Waals surface area contributed by atoms with Crippen molar-refractivity contribution in [1.82, 2.24) is 15.1 Å². The molecule has 1 N–H and O–H groups in total. The van der Waals surface area contributed by atoms with Crippen LogP contribution < -0.4 is 5.32 Å². The summed E-state index contributed by atoms with van der Waals surface area (Å²) in [5.41, 5.74) is 2.43. The van der Waals surface area contributed by atoms with Crippen LogP contribution in [0, 0.1) is 13.8 Å². The van der Waals surface area contributed by atoms with Crippen molar-refractivity contribution < 1.29 is 0 Å². The van der Waals surface area contributed by atoms with Crippen molar-refractivity contribution in [1.29, 1.82) is 0 Å². The fourth-order valence-electron chi connectivity index (χ4n) is 2.90. The van der Waals surface area contributed by atoms with Crippen LogP contribution in [0.5, 0.6) is 0 Å². The van der Waals surface area contributed by atoms with E-state index in [0.717, 1.165) is 5.69 Å². The first-order chi connectivity index (χ1) is 7.72. The van der Waals surface area contributed by atoms with Gasteiger partial charge >= 0.3 is 0 Å². The number of hydrogen-bond acceptors (Lipinski definition) is 2. The molecule has 0 radical (unpaired) electrons. The van der Waals surface area contributed by atoms with Crippen molar-refractivity contribution >= 4 is 0 Å². The zero-order valence-electron chi connectivity index (χ0n) is 10.7. The number of nitrogens with zero attached hydrogens (tertiary/aromatic N) is 2. The zero-order valence-corrected chi connectivity index (χ0v) is 10.7. The number of hydrogen-bond donors (Lipinski definition) is 1. The lowest BCUT2D eigenvalue weighted by Gasteiger charge is -2.26. The molecule has 0 aromatic carbocycles. The molecule has 3 nitrogen and oxygen atoms in total. The summed E-state index contributed by atoms with van der Waals surface area (Å²) in [7, 11) is 2.08. The molecular weight excluding hydrogens is 198 g/mol. The topological polar surface area (TPSA) is 29.9 Å². The van der Waals surface area contributed by atoms with Gasteiger partial charge in [0.05, 0.1) is 11.7 Å². The number of nitrogens with one attached hydrogen (secondary N) is 1. The van der Waals surface area contributed by atoms with Gasteiger partial charge < -0.3 is 5.32 Å². The summed E-state index contributed by atoms with van der Waals surface area (Å²) in [5, 5.41) is 8.12. The summed E-state index contributed by atoms with van der Waals surface area (Å²) in [6.07, 6.45) is 6.59. The molecule has 2 rings (SSSR count). The maximum absolute atomic E-state index is 4.65. The van der Waals surface area contributed by atoms with E-state index >= 15 is 0 Å². The lowest BCUT2D eigenvalue weighted by molar-refractivity contribution is 0.317. The molecule has 0 spiro atoms. The van der Waals surface area contributed by atoms with Gasteiger partial charge in [-0.1, -0.05) is 19.3 Å². The van der Waals surface area contributed by atoms with E-state index in [1.165, 1.54) is 37.8 Å². The third-order valence-electron chi connectivity index (χ3n) is 3.71. The summed E-state index contributed by atoms with van der Waals surface area (Å²) in [4.78, 5) is 0. The van der Waals surface area contributed by atoms with Gasteiger partial charge in [0.25, 0.3) is 0 Å². The van der Waals surface area contributed by atoms with Gasteiger partial charge in [0.15, 0.2) is 0 Å². The number of likely N-dealkylation sites (N-methyl/N-ethyl adjacent to an activating group) is 1. The minimum absolute atomic E-state index is 0.543. The van der Waals surface area contributed by atoms with Crippen molar-refractivity contribution in [3.05, 3.63) is 17.5 Å². The summed E-state index contributed by atoms with van der Waals surface area (Å²) in [6, 6.07) is 3.30. The minimum atomic E-state index is 0.543. The maximum atomic E-state index is 4.65.